The van der Waals surface area contributed by atoms with Crippen molar-refractivity contribution in [1.82, 2.24) is 40.5 Å². The van der Waals surface area contributed by atoms with Crippen molar-refractivity contribution >= 4 is 53.2 Å². The molecule has 3 fully saturated rings. The quantitative estimate of drug-likeness (QED) is 0.0998. The number of carbonyl (C=O) groups excluding carboxylic acids is 5. The number of likely N-dealkylation sites (tertiary alicyclic amines) is 1. The number of fused-ring (bicyclic) bond motifs is 1. The topological polar surface area (TPSA) is 161 Å². The molecule has 57 heavy (non-hydrogen) atoms. The maximum atomic E-state index is 13.2. The molecule has 300 valence electrons. The van der Waals surface area contributed by atoms with E-state index in [0.717, 1.165) is 112 Å². The van der Waals surface area contributed by atoms with Gasteiger partial charge in [-0.1, -0.05) is 25.0 Å². The first-order chi connectivity index (χ1) is 27.8. The summed E-state index contributed by atoms with van der Waals surface area (Å²) < 4.78 is 0. The summed E-state index contributed by atoms with van der Waals surface area (Å²) in [6.07, 6.45) is 13.3. The maximum absolute atomic E-state index is 13.2. The molecule has 3 saturated heterocycles. The summed E-state index contributed by atoms with van der Waals surface area (Å²) in [4.78, 5) is 75.8. The molecule has 15 heteroatoms. The number of nitrogens with one attached hydrogen (secondary N) is 2. The Balaban J connectivity index is 0.763. The van der Waals surface area contributed by atoms with Crippen molar-refractivity contribution in [1.29, 1.82) is 0 Å². The number of imide groups is 1. The van der Waals surface area contributed by atoms with E-state index in [-0.39, 0.29) is 36.0 Å². The molecular formula is C42H51N9O5S. The van der Waals surface area contributed by atoms with Gasteiger partial charge in [0.05, 0.1) is 0 Å². The molecule has 4 aliphatic rings. The molecule has 2 N–H and O–H groups in total. The zero-order valence-electron chi connectivity index (χ0n) is 32.3. The van der Waals surface area contributed by atoms with Crippen LogP contribution in [0.3, 0.4) is 0 Å². The number of hydrogen-bond acceptors (Lipinski definition) is 11. The molecule has 0 aliphatic carbocycles. The Bertz CT molecular complexity index is 1930. The predicted molar refractivity (Wildman–Crippen MR) is 217 cm³/mol. The Hall–Kier alpha value is -5.15. The van der Waals surface area contributed by atoms with Crippen molar-refractivity contribution in [2.24, 2.45) is 5.92 Å². The first-order valence-electron chi connectivity index (χ1n) is 20.2. The molecule has 3 aromatic rings. The Morgan fingerprint density at radius 3 is 2.51 bits per heavy atom. The molecule has 14 nitrogen and oxygen atoms in total. The standard InChI is InChI=1S/C42H51N9O5S/c52-38(14-10-31-7-4-18-43-28-31)44-19-2-1-6-30-16-21-50(22-17-30)42(56)34-11-13-37(47-46-34)49-25-23-48(24-26-49)20-5-27-57-36-9-3-8-32-33(36)29-51(41(32)55)35-12-15-39(53)45-40(35)54/h3-4,7-11,13-14,18,28,30,35H,1-2,5-6,12,15-17,19-27,29H2,(H,44,52)(H,45,53,54)/b14-10+. The van der Waals surface area contributed by atoms with Crippen LogP contribution in [0.2, 0.25) is 0 Å². The number of rotatable bonds is 15. The summed E-state index contributed by atoms with van der Waals surface area (Å²) in [5.41, 5.74) is 2.90. The average Bonchev–Trinajstić information content (AvgIpc) is 3.58. The third-order valence-corrected chi connectivity index (χ3v) is 12.5. The number of amides is 5. The Kier molecular flexibility index (Phi) is 13.6. The summed E-state index contributed by atoms with van der Waals surface area (Å²) >= 11 is 1.75. The number of benzene rings is 1. The summed E-state index contributed by atoms with van der Waals surface area (Å²) in [6.45, 7) is 6.95. The molecule has 1 atom stereocenters. The van der Waals surface area contributed by atoms with Crippen LogP contribution >= 0.6 is 11.8 Å². The molecule has 4 aliphatic heterocycles. The Labute approximate surface area is 337 Å². The number of nitrogens with zero attached hydrogens (tertiary/aromatic N) is 7. The number of anilines is 1. The van der Waals surface area contributed by atoms with E-state index in [9.17, 15) is 24.0 Å². The highest BCUT2D eigenvalue weighted by atomic mass is 32.2. The van der Waals surface area contributed by atoms with E-state index in [1.807, 2.05) is 41.3 Å². The van der Waals surface area contributed by atoms with Crippen molar-refractivity contribution in [3.63, 3.8) is 0 Å². The van der Waals surface area contributed by atoms with Crippen molar-refractivity contribution in [2.75, 3.05) is 63.0 Å². The number of aromatic nitrogens is 3. The minimum absolute atomic E-state index is 0.0593. The van der Waals surface area contributed by atoms with Crippen LogP contribution in [0, 0.1) is 5.92 Å². The summed E-state index contributed by atoms with van der Waals surface area (Å²) in [6, 6.07) is 12.6. The van der Waals surface area contributed by atoms with Gasteiger partial charge in [0, 0.05) is 87.7 Å². The monoisotopic (exact) mass is 793 g/mol. The lowest BCUT2D eigenvalue weighted by Crippen LogP contribution is -2.52. The van der Waals surface area contributed by atoms with Crippen LogP contribution in [0.25, 0.3) is 6.08 Å². The molecule has 0 radical (unpaired) electrons. The summed E-state index contributed by atoms with van der Waals surface area (Å²) in [7, 11) is 0. The number of thioether (sulfide) groups is 1. The predicted octanol–water partition coefficient (Wildman–Crippen LogP) is 3.79. The highest BCUT2D eigenvalue weighted by Gasteiger charge is 2.40. The number of hydrogen-bond donors (Lipinski definition) is 2. The Morgan fingerprint density at radius 1 is 0.912 bits per heavy atom. The van der Waals surface area contributed by atoms with Gasteiger partial charge in [0.25, 0.3) is 11.8 Å². The van der Waals surface area contributed by atoms with Crippen LogP contribution in [0.15, 0.2) is 65.8 Å². The van der Waals surface area contributed by atoms with E-state index in [0.29, 0.717) is 36.7 Å². The maximum Gasteiger partial charge on any atom is 0.274 e. The second-order valence-corrected chi connectivity index (χ2v) is 16.3. The summed E-state index contributed by atoms with van der Waals surface area (Å²) in [5.74, 6) is 1.31. The molecule has 6 heterocycles. The van der Waals surface area contributed by atoms with Gasteiger partial charge in [0.1, 0.15) is 6.04 Å². The first kappa shape index (κ1) is 40.1. The number of unbranched alkanes of at least 4 members (excludes halogenated alkanes) is 1. The zero-order valence-corrected chi connectivity index (χ0v) is 33.1. The van der Waals surface area contributed by atoms with E-state index in [1.165, 1.54) is 0 Å². The van der Waals surface area contributed by atoms with Crippen molar-refractivity contribution < 1.29 is 24.0 Å². The van der Waals surface area contributed by atoms with Crippen LogP contribution in [0.5, 0.6) is 0 Å². The van der Waals surface area contributed by atoms with Crippen molar-refractivity contribution in [3.8, 4) is 0 Å². The van der Waals surface area contributed by atoms with Gasteiger partial charge in [0.15, 0.2) is 11.5 Å². The van der Waals surface area contributed by atoms with Gasteiger partial charge in [-0.15, -0.1) is 22.0 Å². The van der Waals surface area contributed by atoms with Gasteiger partial charge in [0.2, 0.25) is 17.7 Å². The van der Waals surface area contributed by atoms with Crippen LogP contribution in [0.1, 0.15) is 83.3 Å². The van der Waals surface area contributed by atoms with Gasteiger partial charge in [-0.2, -0.15) is 0 Å². The normalized spacial score (nSPS) is 19.3. The number of pyridine rings is 1. The lowest BCUT2D eigenvalue weighted by molar-refractivity contribution is -0.137. The largest absolute Gasteiger partial charge is 0.353 e. The van der Waals surface area contributed by atoms with Crippen LogP contribution in [-0.2, 0) is 20.9 Å². The number of piperazine rings is 1. The van der Waals surface area contributed by atoms with Gasteiger partial charge in [-0.05, 0) is 97.9 Å². The van der Waals surface area contributed by atoms with E-state index >= 15 is 0 Å². The molecule has 5 amide bonds. The number of carbonyl (C=O) groups is 5. The SMILES string of the molecule is O=C(/C=C/c1cccnc1)NCCCCC1CCN(C(=O)c2ccc(N3CCN(CCCSc4cccc5c4CN(C4CCC(=O)NC4=O)C5=O)CC3)nn2)CC1. The third kappa shape index (κ3) is 10.4. The molecule has 0 spiro atoms. The van der Waals surface area contributed by atoms with Gasteiger partial charge in [-0.3, -0.25) is 39.2 Å². The molecular weight excluding hydrogens is 743 g/mol. The molecule has 0 bridgehead atoms. The zero-order chi connectivity index (χ0) is 39.6. The highest BCUT2D eigenvalue weighted by Crippen LogP contribution is 2.34. The van der Waals surface area contributed by atoms with Gasteiger partial charge >= 0.3 is 0 Å². The van der Waals surface area contributed by atoms with Crippen LogP contribution in [-0.4, -0.2) is 124 Å². The van der Waals surface area contributed by atoms with E-state index in [1.54, 1.807) is 47.3 Å². The molecule has 1 aromatic carbocycles. The van der Waals surface area contributed by atoms with Gasteiger partial charge < -0.3 is 20.0 Å². The lowest BCUT2D eigenvalue weighted by atomic mass is 9.91. The number of piperidine rings is 2. The van der Waals surface area contributed by atoms with Gasteiger partial charge in [-0.25, -0.2) is 0 Å². The minimum atomic E-state index is -0.608. The second-order valence-electron chi connectivity index (χ2n) is 15.1. The fraction of sp³-hybridized carbons (Fsp3) is 0.476. The molecule has 7 rings (SSSR count). The highest BCUT2D eigenvalue weighted by molar-refractivity contribution is 7.99. The van der Waals surface area contributed by atoms with E-state index in [4.69, 9.17) is 0 Å². The van der Waals surface area contributed by atoms with Crippen molar-refractivity contribution in [2.45, 2.75) is 68.8 Å². The van der Waals surface area contributed by atoms with Crippen molar-refractivity contribution in [3.05, 3.63) is 83.3 Å². The van der Waals surface area contributed by atoms with Crippen LogP contribution < -0.4 is 15.5 Å². The van der Waals surface area contributed by atoms with E-state index < -0.39 is 6.04 Å². The van der Waals surface area contributed by atoms with E-state index in [2.05, 4.69) is 35.6 Å². The molecule has 0 saturated carbocycles. The fourth-order valence-electron chi connectivity index (χ4n) is 8.03. The minimum Gasteiger partial charge on any atom is -0.353 e. The molecule has 2 aromatic heterocycles. The average molecular weight is 794 g/mol. The fourth-order valence-corrected chi connectivity index (χ4v) is 9.05. The smallest absolute Gasteiger partial charge is 0.274 e. The van der Waals surface area contributed by atoms with Crippen LogP contribution in [0.4, 0.5) is 5.82 Å². The summed E-state index contributed by atoms with van der Waals surface area (Å²) in [5, 5.41) is 14.1. The lowest BCUT2D eigenvalue weighted by Gasteiger charge is -2.35. The molecule has 1 unspecified atom stereocenters. The Morgan fingerprint density at radius 2 is 1.75 bits per heavy atom. The third-order valence-electron chi connectivity index (χ3n) is 11.3. The first-order valence-corrected chi connectivity index (χ1v) is 21.2. The second kappa shape index (κ2) is 19.3.